The van der Waals surface area contributed by atoms with Crippen LogP contribution >= 0.6 is 0 Å². The molecule has 2 aromatic rings. The van der Waals surface area contributed by atoms with Crippen molar-refractivity contribution in [1.29, 1.82) is 0 Å². The van der Waals surface area contributed by atoms with Crippen LogP contribution in [0.15, 0.2) is 48.0 Å². The number of aromatic nitrogens is 3. The SMILES string of the molecule is C=CCNC(=NCc1nnc(C)n1C)NCC1(c2ccccc2)CCCC1. The number of benzene rings is 1. The van der Waals surface area contributed by atoms with E-state index >= 15 is 0 Å². The molecule has 144 valence electrons. The number of guanidine groups is 1. The Morgan fingerprint density at radius 3 is 2.59 bits per heavy atom. The van der Waals surface area contributed by atoms with Gasteiger partial charge in [-0.05, 0) is 25.3 Å². The van der Waals surface area contributed by atoms with Crippen LogP contribution in [0.4, 0.5) is 0 Å². The van der Waals surface area contributed by atoms with Crippen molar-refractivity contribution in [3.05, 3.63) is 60.2 Å². The molecule has 0 bridgehead atoms. The molecule has 0 amide bonds. The normalized spacial score (nSPS) is 16.3. The Balaban J connectivity index is 1.72. The highest BCUT2D eigenvalue weighted by Crippen LogP contribution is 2.40. The van der Waals surface area contributed by atoms with Crippen LogP contribution in [0.3, 0.4) is 0 Å². The molecule has 1 aliphatic carbocycles. The first kappa shape index (κ1) is 19.1. The summed E-state index contributed by atoms with van der Waals surface area (Å²) < 4.78 is 1.97. The molecule has 0 spiro atoms. The molecular weight excluding hydrogens is 336 g/mol. The molecule has 2 N–H and O–H groups in total. The molecule has 1 aromatic heterocycles. The lowest BCUT2D eigenvalue weighted by Gasteiger charge is -2.30. The molecule has 6 heteroatoms. The van der Waals surface area contributed by atoms with Crippen LogP contribution in [0.25, 0.3) is 0 Å². The first-order valence-electron chi connectivity index (χ1n) is 9.68. The van der Waals surface area contributed by atoms with Crippen LogP contribution in [0, 0.1) is 6.92 Å². The predicted octanol–water partition coefficient (Wildman–Crippen LogP) is 2.86. The largest absolute Gasteiger partial charge is 0.355 e. The maximum absolute atomic E-state index is 4.71. The van der Waals surface area contributed by atoms with E-state index in [0.717, 1.165) is 24.2 Å². The minimum absolute atomic E-state index is 0.180. The average molecular weight is 367 g/mol. The standard InChI is InChI=1S/C21H30N6/c1-4-14-22-20(23-15-19-26-25-17(2)27(19)3)24-16-21(12-8-9-13-21)18-10-6-5-7-11-18/h4-7,10-11H,1,8-9,12-16H2,2-3H3,(H2,22,23,24). The summed E-state index contributed by atoms with van der Waals surface area (Å²) in [5, 5.41) is 15.2. The third-order valence-corrected chi connectivity index (χ3v) is 5.52. The van der Waals surface area contributed by atoms with Gasteiger partial charge in [0.2, 0.25) is 0 Å². The number of hydrogen-bond acceptors (Lipinski definition) is 3. The van der Waals surface area contributed by atoms with Crippen LogP contribution in [-0.2, 0) is 19.0 Å². The summed E-state index contributed by atoms with van der Waals surface area (Å²) in [6.45, 7) is 7.77. The second-order valence-corrected chi connectivity index (χ2v) is 7.26. The zero-order valence-corrected chi connectivity index (χ0v) is 16.4. The quantitative estimate of drug-likeness (QED) is 0.449. The molecule has 0 radical (unpaired) electrons. The Bertz CT molecular complexity index is 771. The number of rotatable bonds is 7. The molecule has 3 rings (SSSR count). The molecule has 0 atom stereocenters. The lowest BCUT2D eigenvalue weighted by atomic mass is 9.79. The highest BCUT2D eigenvalue weighted by Gasteiger charge is 2.35. The molecular formula is C21H30N6. The van der Waals surface area contributed by atoms with Gasteiger partial charge in [-0.1, -0.05) is 49.2 Å². The van der Waals surface area contributed by atoms with Gasteiger partial charge in [-0.15, -0.1) is 16.8 Å². The summed E-state index contributed by atoms with van der Waals surface area (Å²) in [7, 11) is 1.97. The Kier molecular flexibility index (Phi) is 6.27. The van der Waals surface area contributed by atoms with Crippen LogP contribution in [0.2, 0.25) is 0 Å². The van der Waals surface area contributed by atoms with Crippen molar-refractivity contribution in [2.75, 3.05) is 13.1 Å². The van der Waals surface area contributed by atoms with Crippen molar-refractivity contribution in [2.24, 2.45) is 12.0 Å². The van der Waals surface area contributed by atoms with Crippen molar-refractivity contribution in [3.63, 3.8) is 0 Å². The van der Waals surface area contributed by atoms with Gasteiger partial charge in [0.15, 0.2) is 11.8 Å². The molecule has 1 fully saturated rings. The summed E-state index contributed by atoms with van der Waals surface area (Å²) in [6.07, 6.45) is 6.82. The van der Waals surface area contributed by atoms with Crippen molar-refractivity contribution in [3.8, 4) is 0 Å². The molecule has 1 heterocycles. The van der Waals surface area contributed by atoms with Crippen molar-refractivity contribution in [1.82, 2.24) is 25.4 Å². The molecule has 1 aromatic carbocycles. The van der Waals surface area contributed by atoms with E-state index in [1.54, 1.807) is 0 Å². The average Bonchev–Trinajstić information content (AvgIpc) is 3.31. The van der Waals surface area contributed by atoms with Gasteiger partial charge in [-0.3, -0.25) is 0 Å². The molecule has 0 aliphatic heterocycles. The molecule has 27 heavy (non-hydrogen) atoms. The minimum Gasteiger partial charge on any atom is -0.355 e. The first-order valence-corrected chi connectivity index (χ1v) is 9.68. The van der Waals surface area contributed by atoms with E-state index in [9.17, 15) is 0 Å². The van der Waals surface area contributed by atoms with E-state index in [4.69, 9.17) is 4.99 Å². The van der Waals surface area contributed by atoms with Gasteiger partial charge in [0.1, 0.15) is 12.4 Å². The van der Waals surface area contributed by atoms with Crippen LogP contribution in [-0.4, -0.2) is 33.8 Å². The number of hydrogen-bond donors (Lipinski definition) is 2. The van der Waals surface area contributed by atoms with E-state index in [-0.39, 0.29) is 5.41 Å². The second-order valence-electron chi connectivity index (χ2n) is 7.26. The lowest BCUT2D eigenvalue weighted by molar-refractivity contribution is 0.432. The van der Waals surface area contributed by atoms with Crippen LogP contribution in [0.5, 0.6) is 0 Å². The zero-order valence-electron chi connectivity index (χ0n) is 16.4. The summed E-state index contributed by atoms with van der Waals surface area (Å²) in [5.74, 6) is 2.53. The van der Waals surface area contributed by atoms with Crippen molar-refractivity contribution >= 4 is 5.96 Å². The summed E-state index contributed by atoms with van der Waals surface area (Å²) in [5.41, 5.74) is 1.60. The molecule has 0 unspecified atom stereocenters. The Morgan fingerprint density at radius 2 is 1.96 bits per heavy atom. The number of nitrogens with one attached hydrogen (secondary N) is 2. The second kappa shape index (κ2) is 8.84. The fraction of sp³-hybridized carbons (Fsp3) is 0.476. The molecule has 6 nitrogen and oxygen atoms in total. The van der Waals surface area contributed by atoms with Gasteiger partial charge in [-0.2, -0.15) is 0 Å². The Labute approximate surface area is 161 Å². The molecule has 1 saturated carbocycles. The van der Waals surface area contributed by atoms with Crippen molar-refractivity contribution < 1.29 is 0 Å². The third-order valence-electron chi connectivity index (χ3n) is 5.52. The number of nitrogens with zero attached hydrogens (tertiary/aromatic N) is 4. The van der Waals surface area contributed by atoms with Gasteiger partial charge in [-0.25, -0.2) is 4.99 Å². The number of aliphatic imine (C=N–C) groups is 1. The third kappa shape index (κ3) is 4.56. The first-order chi connectivity index (χ1) is 13.1. The van der Waals surface area contributed by atoms with E-state index in [1.165, 1.54) is 31.2 Å². The fourth-order valence-electron chi connectivity index (χ4n) is 3.75. The Morgan fingerprint density at radius 1 is 1.22 bits per heavy atom. The van der Waals surface area contributed by atoms with E-state index in [2.05, 4.69) is 57.7 Å². The summed E-state index contributed by atoms with van der Waals surface area (Å²) in [4.78, 5) is 4.71. The van der Waals surface area contributed by atoms with E-state index in [0.29, 0.717) is 13.1 Å². The predicted molar refractivity (Wildman–Crippen MR) is 110 cm³/mol. The maximum Gasteiger partial charge on any atom is 0.191 e. The highest BCUT2D eigenvalue weighted by atomic mass is 15.3. The zero-order chi connectivity index (χ0) is 19.1. The lowest BCUT2D eigenvalue weighted by Crippen LogP contribution is -2.44. The minimum atomic E-state index is 0.180. The van der Waals surface area contributed by atoms with Gasteiger partial charge in [0.25, 0.3) is 0 Å². The highest BCUT2D eigenvalue weighted by molar-refractivity contribution is 5.80. The Hall–Kier alpha value is -2.63. The summed E-state index contributed by atoms with van der Waals surface area (Å²) in [6, 6.07) is 10.9. The van der Waals surface area contributed by atoms with Gasteiger partial charge in [0, 0.05) is 25.6 Å². The molecule has 0 saturated heterocycles. The van der Waals surface area contributed by atoms with Gasteiger partial charge >= 0.3 is 0 Å². The number of aryl methyl sites for hydroxylation is 1. The van der Waals surface area contributed by atoms with Crippen LogP contribution < -0.4 is 10.6 Å². The van der Waals surface area contributed by atoms with E-state index in [1.807, 2.05) is 24.6 Å². The van der Waals surface area contributed by atoms with E-state index < -0.39 is 0 Å². The smallest absolute Gasteiger partial charge is 0.191 e. The fourth-order valence-corrected chi connectivity index (χ4v) is 3.75. The summed E-state index contributed by atoms with van der Waals surface area (Å²) >= 11 is 0. The monoisotopic (exact) mass is 366 g/mol. The van der Waals surface area contributed by atoms with Gasteiger partial charge in [0.05, 0.1) is 0 Å². The maximum atomic E-state index is 4.71. The van der Waals surface area contributed by atoms with Crippen molar-refractivity contribution in [2.45, 2.75) is 44.6 Å². The van der Waals surface area contributed by atoms with Gasteiger partial charge < -0.3 is 15.2 Å². The van der Waals surface area contributed by atoms with Crippen LogP contribution in [0.1, 0.15) is 42.9 Å². The molecule has 1 aliphatic rings. The topological polar surface area (TPSA) is 67.1 Å².